The van der Waals surface area contributed by atoms with Crippen LogP contribution in [0.25, 0.3) is 10.6 Å². The molecule has 1 aliphatic carbocycles. The Morgan fingerprint density at radius 2 is 1.94 bits per heavy atom. The standard InChI is InChI=1S/C20H17F3N2O5S2/c1-2-12-17(11-6-4-3-5-7-11)19(12,18(26)27)25-32(28,29)16-9-8-14(31-16)13-10-15(30-24-13)20(21,22)23/h3-10,12,17,25H,2H2,1H3,(H,26,27)/t12-,17+,19-/m0/s1. The minimum Gasteiger partial charge on any atom is -0.480 e. The first-order valence-corrected chi connectivity index (χ1v) is 11.8. The fourth-order valence-corrected chi connectivity index (χ4v) is 6.73. The number of nitrogens with zero attached hydrogens (tertiary/aromatic N) is 1. The predicted molar refractivity (Wildman–Crippen MR) is 108 cm³/mol. The van der Waals surface area contributed by atoms with Crippen molar-refractivity contribution in [3.8, 4) is 10.6 Å². The van der Waals surface area contributed by atoms with E-state index in [2.05, 4.69) is 14.4 Å². The quantitative estimate of drug-likeness (QED) is 0.514. The highest BCUT2D eigenvalue weighted by Gasteiger charge is 2.71. The van der Waals surface area contributed by atoms with Gasteiger partial charge < -0.3 is 9.63 Å². The van der Waals surface area contributed by atoms with E-state index in [4.69, 9.17) is 0 Å². The van der Waals surface area contributed by atoms with Crippen LogP contribution in [0.5, 0.6) is 0 Å². The molecule has 0 spiro atoms. The molecule has 4 rings (SSSR count). The van der Waals surface area contributed by atoms with E-state index in [0.29, 0.717) is 29.4 Å². The predicted octanol–water partition coefficient (Wildman–Crippen LogP) is 4.35. The molecule has 1 saturated carbocycles. The van der Waals surface area contributed by atoms with Crippen LogP contribution in [0, 0.1) is 5.92 Å². The topological polar surface area (TPSA) is 110 Å². The summed E-state index contributed by atoms with van der Waals surface area (Å²) in [4.78, 5) is 12.4. The zero-order chi connectivity index (χ0) is 23.3. The fourth-order valence-electron chi connectivity index (χ4n) is 4.05. The summed E-state index contributed by atoms with van der Waals surface area (Å²) in [6.45, 7) is 1.78. The number of aromatic nitrogens is 1. The number of carboxylic acid groups (broad SMARTS) is 1. The number of hydrogen-bond acceptors (Lipinski definition) is 6. The summed E-state index contributed by atoms with van der Waals surface area (Å²) in [5.74, 6) is -3.60. The van der Waals surface area contributed by atoms with Crippen molar-refractivity contribution in [1.29, 1.82) is 0 Å². The second-order valence-corrected chi connectivity index (χ2v) is 10.4. The van der Waals surface area contributed by atoms with Gasteiger partial charge in [-0.3, -0.25) is 4.79 Å². The molecule has 0 radical (unpaired) electrons. The molecule has 7 nitrogen and oxygen atoms in total. The monoisotopic (exact) mass is 486 g/mol. The van der Waals surface area contributed by atoms with Crippen LogP contribution in [-0.2, 0) is 21.0 Å². The Bertz CT molecular complexity index is 1250. The van der Waals surface area contributed by atoms with Crippen molar-refractivity contribution < 1.29 is 36.0 Å². The maximum absolute atomic E-state index is 13.1. The van der Waals surface area contributed by atoms with Gasteiger partial charge in [0, 0.05) is 12.0 Å². The first kappa shape index (κ1) is 22.5. The zero-order valence-corrected chi connectivity index (χ0v) is 18.1. The summed E-state index contributed by atoms with van der Waals surface area (Å²) in [6, 6.07) is 11.9. The van der Waals surface area contributed by atoms with Gasteiger partial charge in [-0.05, 0) is 23.6 Å². The van der Waals surface area contributed by atoms with Crippen molar-refractivity contribution in [2.45, 2.75) is 35.2 Å². The summed E-state index contributed by atoms with van der Waals surface area (Å²) >= 11 is 0.670. The summed E-state index contributed by atoms with van der Waals surface area (Å²) < 4.78 is 70.7. The van der Waals surface area contributed by atoms with Crippen LogP contribution in [0.3, 0.4) is 0 Å². The lowest BCUT2D eigenvalue weighted by Crippen LogP contribution is -2.45. The van der Waals surface area contributed by atoms with Gasteiger partial charge in [0.25, 0.3) is 10.0 Å². The Morgan fingerprint density at radius 1 is 1.25 bits per heavy atom. The molecule has 1 aromatic carbocycles. The molecule has 3 atom stereocenters. The average Bonchev–Trinajstić information content (AvgIpc) is 3.13. The number of nitrogens with one attached hydrogen (secondary N) is 1. The third-order valence-corrected chi connectivity index (χ3v) is 8.60. The maximum atomic E-state index is 13.1. The Balaban J connectivity index is 1.64. The molecule has 0 aliphatic heterocycles. The third-order valence-electron chi connectivity index (χ3n) is 5.51. The highest BCUT2D eigenvalue weighted by atomic mass is 32.2. The molecule has 1 aliphatic rings. The number of thiophene rings is 1. The number of alkyl halides is 3. The molecule has 1 fully saturated rings. The second kappa shape index (κ2) is 7.71. The molecule has 0 bridgehead atoms. The van der Waals surface area contributed by atoms with Crippen LogP contribution in [-0.4, -0.2) is 30.2 Å². The molecule has 12 heteroatoms. The van der Waals surface area contributed by atoms with Crippen molar-refractivity contribution >= 4 is 27.3 Å². The van der Waals surface area contributed by atoms with Crippen LogP contribution in [0.1, 0.15) is 30.6 Å². The molecule has 3 aromatic rings. The maximum Gasteiger partial charge on any atom is 0.452 e. The first-order valence-electron chi connectivity index (χ1n) is 9.47. The summed E-state index contributed by atoms with van der Waals surface area (Å²) in [5.41, 5.74) is -1.17. The minimum atomic E-state index is -4.72. The largest absolute Gasteiger partial charge is 0.480 e. The van der Waals surface area contributed by atoms with Crippen LogP contribution in [0.2, 0.25) is 0 Å². The van der Waals surface area contributed by atoms with E-state index < -0.39 is 45.3 Å². The highest BCUT2D eigenvalue weighted by molar-refractivity contribution is 7.91. The van der Waals surface area contributed by atoms with Crippen LogP contribution in [0.4, 0.5) is 13.2 Å². The number of carbonyl (C=O) groups is 1. The van der Waals surface area contributed by atoms with Crippen molar-refractivity contribution in [2.24, 2.45) is 5.92 Å². The van der Waals surface area contributed by atoms with Crippen LogP contribution in [0.15, 0.2) is 57.3 Å². The lowest BCUT2D eigenvalue weighted by atomic mass is 10.1. The average molecular weight is 486 g/mol. The number of halogens is 3. The number of benzene rings is 1. The minimum absolute atomic E-state index is 0.136. The lowest BCUT2D eigenvalue weighted by molar-refractivity contribution is -0.155. The second-order valence-electron chi connectivity index (χ2n) is 7.38. The van der Waals surface area contributed by atoms with Gasteiger partial charge in [-0.2, -0.15) is 17.9 Å². The van der Waals surface area contributed by atoms with Gasteiger partial charge in [-0.25, -0.2) is 8.42 Å². The van der Waals surface area contributed by atoms with Crippen LogP contribution < -0.4 is 4.72 Å². The van der Waals surface area contributed by atoms with Crippen molar-refractivity contribution in [2.75, 3.05) is 0 Å². The molecular weight excluding hydrogens is 469 g/mol. The van der Waals surface area contributed by atoms with Crippen LogP contribution >= 0.6 is 11.3 Å². The van der Waals surface area contributed by atoms with Gasteiger partial charge in [0.05, 0.1) is 4.88 Å². The highest BCUT2D eigenvalue weighted by Crippen LogP contribution is 2.60. The SMILES string of the molecule is CC[C@H]1[C@@H](c2ccccc2)[C@]1(NS(=O)(=O)c1ccc(-c2cc(C(F)(F)F)on2)s1)C(=O)O. The Hall–Kier alpha value is -2.70. The summed E-state index contributed by atoms with van der Waals surface area (Å²) in [5, 5.41) is 13.3. The van der Waals surface area contributed by atoms with E-state index in [1.165, 1.54) is 12.1 Å². The Kier molecular flexibility index (Phi) is 5.42. The molecule has 0 amide bonds. The van der Waals surface area contributed by atoms with Gasteiger partial charge in [0.1, 0.15) is 15.4 Å². The van der Waals surface area contributed by atoms with E-state index in [-0.39, 0.29) is 14.8 Å². The van der Waals surface area contributed by atoms with Crippen molar-refractivity contribution in [3.63, 3.8) is 0 Å². The van der Waals surface area contributed by atoms with Crippen molar-refractivity contribution in [1.82, 2.24) is 9.88 Å². The van der Waals surface area contributed by atoms with Gasteiger partial charge in [-0.15, -0.1) is 11.3 Å². The molecule has 0 saturated heterocycles. The lowest BCUT2D eigenvalue weighted by Gasteiger charge is -2.15. The normalized spacial score (nSPS) is 23.2. The Labute approximate surface area is 184 Å². The number of sulfonamides is 1. The number of hydrogen-bond donors (Lipinski definition) is 2. The van der Waals surface area contributed by atoms with E-state index in [9.17, 15) is 31.5 Å². The molecule has 2 N–H and O–H groups in total. The number of carboxylic acids is 1. The summed E-state index contributed by atoms with van der Waals surface area (Å²) in [6.07, 6.45) is -4.29. The first-order chi connectivity index (χ1) is 15.0. The molecule has 0 unspecified atom stereocenters. The Morgan fingerprint density at radius 3 is 2.50 bits per heavy atom. The smallest absolute Gasteiger partial charge is 0.452 e. The molecule has 170 valence electrons. The van der Waals surface area contributed by atoms with E-state index >= 15 is 0 Å². The third kappa shape index (κ3) is 3.71. The number of aliphatic carboxylic acids is 1. The van der Waals surface area contributed by atoms with Gasteiger partial charge in [0.15, 0.2) is 0 Å². The molecule has 2 heterocycles. The van der Waals surface area contributed by atoms with Gasteiger partial charge in [0.2, 0.25) is 5.76 Å². The zero-order valence-electron chi connectivity index (χ0n) is 16.5. The molecule has 32 heavy (non-hydrogen) atoms. The van der Waals surface area contributed by atoms with Crippen molar-refractivity contribution in [3.05, 3.63) is 59.9 Å². The molecule has 2 aromatic heterocycles. The summed E-state index contributed by atoms with van der Waals surface area (Å²) in [7, 11) is -4.29. The fraction of sp³-hybridized carbons (Fsp3) is 0.300. The van der Waals surface area contributed by atoms with Gasteiger partial charge >= 0.3 is 12.1 Å². The van der Waals surface area contributed by atoms with Gasteiger partial charge in [-0.1, -0.05) is 48.8 Å². The van der Waals surface area contributed by atoms with E-state index in [1.807, 2.05) is 0 Å². The van der Waals surface area contributed by atoms with E-state index in [1.54, 1.807) is 37.3 Å². The molecular formula is C20H17F3N2O5S2. The number of rotatable bonds is 7. The van der Waals surface area contributed by atoms with E-state index in [0.717, 1.165) is 0 Å².